The summed E-state index contributed by atoms with van der Waals surface area (Å²) >= 11 is 0. The van der Waals surface area contributed by atoms with E-state index in [2.05, 4.69) is 0 Å². The van der Waals surface area contributed by atoms with Crippen LogP contribution in [0.15, 0.2) is 85.1 Å². The minimum Gasteiger partial charge on any atom is -0.462 e. The topological polar surface area (TPSA) is 299 Å². The molecule has 0 aliphatic carbocycles. The van der Waals surface area contributed by atoms with Crippen molar-refractivity contribution in [2.24, 2.45) is 23.5 Å². The second kappa shape index (κ2) is 27.5. The number of fused-ring (bicyclic) bond motifs is 2. The van der Waals surface area contributed by atoms with Gasteiger partial charge < -0.3 is 75.7 Å². The molecule has 3 aliphatic heterocycles. The molecular weight excluding hydrogens is 847 g/mol. The smallest absolute Gasteiger partial charge is 0.308 e. The average Bonchev–Trinajstić information content (AvgIpc) is 3.21. The van der Waals surface area contributed by atoms with Gasteiger partial charge in [0, 0.05) is 37.5 Å². The SMILES string of the molecule is CC(=O)[C@H]1[C@@H]2C[C@@H](O[C@@H]3O[C@H](C)[C@@H](O)[C@H](N)[C@@H]3O)/C=C/C=C/C=C/C=C/C=C/C=C/C=C/[C@H](C)[C@@H](O)[C@@H](C)[C@H](C)OC(=O)C[C@H](O)C[C@H](O)CC[C@@H](O)[C@H](O)C[C@H](O)C[C@](O)(C[C@@H]1O)O2. The minimum absolute atomic E-state index is 0.0835. The van der Waals surface area contributed by atoms with Gasteiger partial charge in [-0.15, -0.1) is 0 Å². The lowest BCUT2D eigenvalue weighted by Gasteiger charge is -2.46. The second-order valence-electron chi connectivity index (χ2n) is 17.8. The molecule has 2 fully saturated rings. The van der Waals surface area contributed by atoms with E-state index in [4.69, 9.17) is 24.7 Å². The molecule has 0 saturated carbocycles. The number of hydrogen-bond donors (Lipinski definition) is 11. The number of carbonyl (C=O) groups excluding carboxylic acids is 2. The van der Waals surface area contributed by atoms with Crippen LogP contribution in [0.2, 0.25) is 0 Å². The summed E-state index contributed by atoms with van der Waals surface area (Å²) in [7, 11) is 0. The summed E-state index contributed by atoms with van der Waals surface area (Å²) in [6, 6.07) is -1.11. The monoisotopic (exact) mass is 922 g/mol. The number of carbonyl (C=O) groups is 2. The van der Waals surface area contributed by atoms with Crippen molar-refractivity contribution in [2.45, 2.75) is 183 Å². The van der Waals surface area contributed by atoms with Gasteiger partial charge in [0.2, 0.25) is 0 Å². The molecule has 2 saturated heterocycles. The van der Waals surface area contributed by atoms with Crippen molar-refractivity contribution in [2.75, 3.05) is 0 Å². The molecule has 0 aromatic rings. The van der Waals surface area contributed by atoms with Gasteiger partial charge in [-0.25, -0.2) is 0 Å². The van der Waals surface area contributed by atoms with Crippen molar-refractivity contribution in [1.29, 1.82) is 0 Å². The third-order valence-electron chi connectivity index (χ3n) is 12.2. The van der Waals surface area contributed by atoms with Gasteiger partial charge in [-0.05, 0) is 40.0 Å². The molecule has 12 N–H and O–H groups in total. The van der Waals surface area contributed by atoms with Crippen LogP contribution in [0.1, 0.15) is 86.0 Å². The summed E-state index contributed by atoms with van der Waals surface area (Å²) in [6.07, 6.45) is 5.40. The highest BCUT2D eigenvalue weighted by molar-refractivity contribution is 5.79. The van der Waals surface area contributed by atoms with Crippen molar-refractivity contribution in [3.63, 3.8) is 0 Å². The number of allylic oxidation sites excluding steroid dienone is 12. The number of ketones is 1. The normalized spacial score (nSPS) is 45.5. The molecule has 3 aliphatic rings. The first kappa shape index (κ1) is 56.1. The maximum Gasteiger partial charge on any atom is 0.308 e. The van der Waals surface area contributed by atoms with E-state index in [1.54, 1.807) is 63.3 Å². The molecule has 17 heteroatoms. The summed E-state index contributed by atoms with van der Waals surface area (Å²) < 4.78 is 23.4. The molecule has 0 amide bonds. The van der Waals surface area contributed by atoms with Gasteiger partial charge in [0.15, 0.2) is 12.1 Å². The number of rotatable bonds is 3. The Kier molecular flexibility index (Phi) is 23.8. The third kappa shape index (κ3) is 18.8. The van der Waals surface area contributed by atoms with Crippen LogP contribution >= 0.6 is 0 Å². The van der Waals surface area contributed by atoms with E-state index < -0.39 is 147 Å². The highest BCUT2D eigenvalue weighted by Gasteiger charge is 2.50. The van der Waals surface area contributed by atoms with Gasteiger partial charge in [-0.3, -0.25) is 9.59 Å². The number of ether oxygens (including phenoxy) is 4. The molecule has 0 aromatic heterocycles. The quantitative estimate of drug-likeness (QED) is 0.177. The maximum absolute atomic E-state index is 12.9. The molecule has 0 unspecified atom stereocenters. The van der Waals surface area contributed by atoms with E-state index in [0.717, 1.165) is 0 Å². The Morgan fingerprint density at radius 1 is 0.662 bits per heavy atom. The summed E-state index contributed by atoms with van der Waals surface area (Å²) in [5.74, 6) is -5.24. The van der Waals surface area contributed by atoms with Gasteiger partial charge in [0.05, 0.1) is 85.5 Å². The first-order valence-corrected chi connectivity index (χ1v) is 22.6. The Morgan fingerprint density at radius 3 is 1.82 bits per heavy atom. The fraction of sp³-hybridized carbons (Fsp3) is 0.667. The lowest BCUT2D eigenvalue weighted by Crippen LogP contribution is -2.61. The number of nitrogens with two attached hydrogens (primary N) is 1. The largest absolute Gasteiger partial charge is 0.462 e. The molecular formula is C48H75NO16. The van der Waals surface area contributed by atoms with Crippen LogP contribution in [0.3, 0.4) is 0 Å². The Labute approximate surface area is 382 Å². The van der Waals surface area contributed by atoms with Crippen molar-refractivity contribution in [1.82, 2.24) is 0 Å². The molecule has 17 nitrogen and oxygen atoms in total. The van der Waals surface area contributed by atoms with Crippen LogP contribution in [0, 0.1) is 17.8 Å². The predicted molar refractivity (Wildman–Crippen MR) is 240 cm³/mol. The fourth-order valence-corrected chi connectivity index (χ4v) is 8.18. The summed E-state index contributed by atoms with van der Waals surface area (Å²) in [5, 5.41) is 108. The summed E-state index contributed by atoms with van der Waals surface area (Å²) in [6.45, 7) is 8.06. The van der Waals surface area contributed by atoms with Crippen LogP contribution in [0.25, 0.3) is 0 Å². The highest BCUT2D eigenvalue weighted by Crippen LogP contribution is 2.38. The van der Waals surface area contributed by atoms with Crippen LogP contribution in [0.5, 0.6) is 0 Å². The van der Waals surface area contributed by atoms with Gasteiger partial charge in [-0.1, -0.05) is 98.9 Å². The Balaban J connectivity index is 1.86. The first-order valence-electron chi connectivity index (χ1n) is 22.6. The Morgan fingerprint density at radius 2 is 1.23 bits per heavy atom. The molecule has 0 radical (unpaired) electrons. The standard InChI is InChI=1S/C48H75NO16/c1-28-18-16-14-12-10-8-6-7-9-11-13-15-17-19-36(64-47-46(60)43(49)45(59)32(5)63-47)25-40-42(30(3)50)39(56)27-48(61,65-40)26-35(53)23-38(55)37(54)21-20-33(51)22-34(52)24-41(57)62-31(4)29(2)44(28)58/h6-19,28-29,31-40,42-47,51-56,58-61H,20-27,49H2,1-5H3/b7-6+,10-8+,11-9+,14-12+,15-13+,18-16+,19-17+/t28-,29-,31-,32+,33+,34+,35-,36-,37+,38+,39-,40-,42+,43-,44+,45+,46-,47-,48+/m0/s1. The van der Waals surface area contributed by atoms with Crippen LogP contribution in [-0.2, 0) is 28.5 Å². The number of hydrogen-bond acceptors (Lipinski definition) is 17. The van der Waals surface area contributed by atoms with Gasteiger partial charge in [0.1, 0.15) is 18.0 Å². The van der Waals surface area contributed by atoms with E-state index in [1.807, 2.05) is 49.5 Å². The molecule has 19 atom stereocenters. The second-order valence-corrected chi connectivity index (χ2v) is 17.8. The summed E-state index contributed by atoms with van der Waals surface area (Å²) in [5.41, 5.74) is 6.05. The first-order chi connectivity index (χ1) is 30.6. The zero-order valence-electron chi connectivity index (χ0n) is 38.1. The third-order valence-corrected chi connectivity index (χ3v) is 12.2. The fourth-order valence-electron chi connectivity index (χ4n) is 8.18. The zero-order chi connectivity index (χ0) is 48.4. The van der Waals surface area contributed by atoms with Crippen molar-refractivity contribution in [3.05, 3.63) is 85.1 Å². The van der Waals surface area contributed by atoms with E-state index >= 15 is 0 Å². The Bertz CT molecular complexity index is 1660. The van der Waals surface area contributed by atoms with Gasteiger partial charge in [-0.2, -0.15) is 0 Å². The minimum atomic E-state index is -2.21. The van der Waals surface area contributed by atoms with E-state index in [9.17, 15) is 60.7 Å². The van der Waals surface area contributed by atoms with Gasteiger partial charge in [0.25, 0.3) is 0 Å². The molecule has 368 valence electrons. The Hall–Kier alpha value is -3.24. The average molecular weight is 922 g/mol. The van der Waals surface area contributed by atoms with Crippen LogP contribution < -0.4 is 5.73 Å². The van der Waals surface area contributed by atoms with Crippen molar-refractivity contribution >= 4 is 11.8 Å². The number of Topliss-reactive ketones (excluding diaryl/α,β-unsaturated/α-hetero) is 1. The number of esters is 1. The van der Waals surface area contributed by atoms with E-state index in [1.165, 1.54) is 6.92 Å². The number of aliphatic hydroxyl groups is 10. The molecule has 0 spiro atoms. The molecule has 65 heavy (non-hydrogen) atoms. The molecule has 3 heterocycles. The number of aliphatic hydroxyl groups excluding tert-OH is 9. The summed E-state index contributed by atoms with van der Waals surface area (Å²) in [4.78, 5) is 25.5. The lowest BCUT2D eigenvalue weighted by molar-refractivity contribution is -0.306. The van der Waals surface area contributed by atoms with E-state index in [-0.39, 0.29) is 31.6 Å². The van der Waals surface area contributed by atoms with Gasteiger partial charge >= 0.3 is 5.97 Å². The predicted octanol–water partition coefficient (Wildman–Crippen LogP) is 1.22. The van der Waals surface area contributed by atoms with Crippen LogP contribution in [-0.4, -0.2) is 160 Å². The number of cyclic esters (lactones) is 1. The van der Waals surface area contributed by atoms with E-state index in [0.29, 0.717) is 0 Å². The molecule has 0 aromatic carbocycles. The van der Waals surface area contributed by atoms with Crippen molar-refractivity contribution < 1.29 is 79.6 Å². The lowest BCUT2D eigenvalue weighted by atomic mass is 9.81. The van der Waals surface area contributed by atoms with Crippen molar-refractivity contribution in [3.8, 4) is 0 Å². The van der Waals surface area contributed by atoms with Crippen LogP contribution in [0.4, 0.5) is 0 Å². The molecule has 3 rings (SSSR count). The maximum atomic E-state index is 12.9. The highest BCUT2D eigenvalue weighted by atomic mass is 16.7. The molecule has 2 bridgehead atoms. The zero-order valence-corrected chi connectivity index (χ0v) is 38.1.